The van der Waals surface area contributed by atoms with Crippen LogP contribution in [0.3, 0.4) is 0 Å². The molecule has 1 aromatic heterocycles. The summed E-state index contributed by atoms with van der Waals surface area (Å²) in [6.45, 7) is 0. The molecule has 1 aliphatic rings. The lowest BCUT2D eigenvalue weighted by Gasteiger charge is -1.99. The van der Waals surface area contributed by atoms with Crippen molar-refractivity contribution in [3.05, 3.63) is 48.3 Å². The quantitative estimate of drug-likeness (QED) is 0.738. The van der Waals surface area contributed by atoms with E-state index in [9.17, 15) is 0 Å². The molecular formula is C15H13N3. The summed E-state index contributed by atoms with van der Waals surface area (Å²) in [5.74, 6) is 2.47. The van der Waals surface area contributed by atoms with E-state index in [0.29, 0.717) is 5.92 Å². The van der Waals surface area contributed by atoms with Crippen LogP contribution in [-0.2, 0) is 0 Å². The third kappa shape index (κ3) is 1.59. The van der Waals surface area contributed by atoms with Crippen LogP contribution in [-0.4, -0.2) is 15.2 Å². The molecule has 1 N–H and O–H groups in total. The number of nitrogens with zero attached hydrogens (tertiary/aromatic N) is 2. The highest BCUT2D eigenvalue weighted by molar-refractivity contribution is 5.86. The van der Waals surface area contributed by atoms with Crippen molar-refractivity contribution in [2.24, 2.45) is 0 Å². The molecule has 0 spiro atoms. The van der Waals surface area contributed by atoms with Crippen molar-refractivity contribution >= 4 is 10.8 Å². The molecule has 1 saturated carbocycles. The molecule has 0 bridgehead atoms. The van der Waals surface area contributed by atoms with Crippen LogP contribution in [0.15, 0.2) is 42.5 Å². The number of hydrogen-bond acceptors (Lipinski definition) is 2. The molecule has 0 saturated heterocycles. The number of H-pyrrole nitrogens is 1. The van der Waals surface area contributed by atoms with Crippen LogP contribution in [0.25, 0.3) is 22.2 Å². The fourth-order valence-corrected chi connectivity index (χ4v) is 2.27. The average Bonchev–Trinajstić information content (AvgIpc) is 3.16. The van der Waals surface area contributed by atoms with Crippen LogP contribution < -0.4 is 0 Å². The minimum Gasteiger partial charge on any atom is -0.262 e. The number of aromatic nitrogens is 3. The van der Waals surface area contributed by atoms with Crippen molar-refractivity contribution in [3.8, 4) is 11.4 Å². The lowest BCUT2D eigenvalue weighted by atomic mass is 10.1. The molecule has 3 aromatic rings. The highest BCUT2D eigenvalue weighted by Gasteiger charge is 2.27. The van der Waals surface area contributed by atoms with E-state index >= 15 is 0 Å². The van der Waals surface area contributed by atoms with Gasteiger partial charge in [-0.15, -0.1) is 0 Å². The third-order valence-electron chi connectivity index (χ3n) is 3.47. The Balaban J connectivity index is 1.80. The van der Waals surface area contributed by atoms with E-state index in [1.807, 2.05) is 0 Å². The second-order valence-corrected chi connectivity index (χ2v) is 4.88. The summed E-state index contributed by atoms with van der Waals surface area (Å²) in [4.78, 5) is 4.58. The zero-order valence-corrected chi connectivity index (χ0v) is 9.93. The van der Waals surface area contributed by atoms with Gasteiger partial charge in [-0.25, -0.2) is 4.98 Å². The van der Waals surface area contributed by atoms with Crippen molar-refractivity contribution in [2.75, 3.05) is 0 Å². The van der Waals surface area contributed by atoms with Gasteiger partial charge in [-0.3, -0.25) is 5.10 Å². The van der Waals surface area contributed by atoms with Crippen LogP contribution >= 0.6 is 0 Å². The molecule has 3 nitrogen and oxygen atoms in total. The fraction of sp³-hybridized carbons (Fsp3) is 0.200. The molecule has 0 radical (unpaired) electrons. The van der Waals surface area contributed by atoms with Crippen LogP contribution in [0, 0.1) is 0 Å². The molecule has 0 amide bonds. The van der Waals surface area contributed by atoms with Crippen LogP contribution in [0.1, 0.15) is 24.6 Å². The van der Waals surface area contributed by atoms with E-state index in [-0.39, 0.29) is 0 Å². The number of benzene rings is 2. The van der Waals surface area contributed by atoms with Gasteiger partial charge in [0.05, 0.1) is 0 Å². The third-order valence-corrected chi connectivity index (χ3v) is 3.47. The first kappa shape index (κ1) is 9.83. The van der Waals surface area contributed by atoms with Gasteiger partial charge in [0.2, 0.25) is 0 Å². The standard InChI is InChI=1S/C15H13N3/c1-2-4-12-9-13(8-5-10(12)3-1)15-16-14(17-18-15)11-6-7-11/h1-5,8-9,11H,6-7H2,(H,16,17,18). The van der Waals surface area contributed by atoms with E-state index in [4.69, 9.17) is 0 Å². The largest absolute Gasteiger partial charge is 0.262 e. The van der Waals surface area contributed by atoms with Gasteiger partial charge in [0, 0.05) is 11.5 Å². The number of nitrogens with one attached hydrogen (secondary N) is 1. The summed E-state index contributed by atoms with van der Waals surface area (Å²) in [7, 11) is 0. The zero-order chi connectivity index (χ0) is 11.9. The topological polar surface area (TPSA) is 41.6 Å². The van der Waals surface area contributed by atoms with Gasteiger partial charge in [-0.1, -0.05) is 36.4 Å². The maximum atomic E-state index is 4.58. The minimum atomic E-state index is 0.617. The van der Waals surface area contributed by atoms with E-state index < -0.39 is 0 Å². The van der Waals surface area contributed by atoms with Crippen LogP contribution in [0.2, 0.25) is 0 Å². The maximum absolute atomic E-state index is 4.58. The number of aromatic amines is 1. The molecule has 0 aliphatic heterocycles. The van der Waals surface area contributed by atoms with Gasteiger partial charge in [-0.05, 0) is 29.7 Å². The number of hydrogen-bond donors (Lipinski definition) is 1. The van der Waals surface area contributed by atoms with Gasteiger partial charge in [0.1, 0.15) is 5.82 Å². The zero-order valence-electron chi connectivity index (χ0n) is 9.93. The minimum absolute atomic E-state index is 0.617. The average molecular weight is 235 g/mol. The normalized spacial score (nSPS) is 15.1. The van der Waals surface area contributed by atoms with Crippen molar-refractivity contribution < 1.29 is 0 Å². The first-order valence-corrected chi connectivity index (χ1v) is 6.31. The summed E-state index contributed by atoms with van der Waals surface area (Å²) in [6.07, 6.45) is 2.48. The lowest BCUT2D eigenvalue weighted by molar-refractivity contribution is 0.935. The van der Waals surface area contributed by atoms with E-state index in [1.54, 1.807) is 0 Å². The SMILES string of the molecule is c1ccc2cc(-c3n[nH]c(C4CC4)n3)ccc2c1. The summed E-state index contributed by atoms with van der Waals surface area (Å²) in [5, 5.41) is 9.85. The maximum Gasteiger partial charge on any atom is 0.181 e. The predicted molar refractivity (Wildman–Crippen MR) is 71.3 cm³/mol. The van der Waals surface area contributed by atoms with Gasteiger partial charge < -0.3 is 0 Å². The molecule has 0 unspecified atom stereocenters. The Labute approximate surface area is 105 Å². The van der Waals surface area contributed by atoms with E-state index in [1.165, 1.54) is 23.6 Å². The van der Waals surface area contributed by atoms with Crippen LogP contribution in [0.4, 0.5) is 0 Å². The molecule has 1 heterocycles. The molecular weight excluding hydrogens is 222 g/mol. The van der Waals surface area contributed by atoms with Crippen molar-refractivity contribution in [1.82, 2.24) is 15.2 Å². The Bertz CT molecular complexity index is 710. The van der Waals surface area contributed by atoms with Crippen molar-refractivity contribution in [1.29, 1.82) is 0 Å². The molecule has 2 aromatic carbocycles. The van der Waals surface area contributed by atoms with Gasteiger partial charge in [0.25, 0.3) is 0 Å². The second kappa shape index (κ2) is 3.67. The highest BCUT2D eigenvalue weighted by Crippen LogP contribution is 2.38. The molecule has 0 atom stereocenters. The first-order valence-electron chi connectivity index (χ1n) is 6.31. The predicted octanol–water partition coefficient (Wildman–Crippen LogP) is 3.50. The second-order valence-electron chi connectivity index (χ2n) is 4.88. The molecule has 4 rings (SSSR count). The highest BCUT2D eigenvalue weighted by atomic mass is 15.2. The smallest absolute Gasteiger partial charge is 0.181 e. The molecule has 3 heteroatoms. The van der Waals surface area contributed by atoms with Gasteiger partial charge in [-0.2, -0.15) is 5.10 Å². The Morgan fingerprint density at radius 2 is 1.83 bits per heavy atom. The molecule has 1 aliphatic carbocycles. The summed E-state index contributed by atoms with van der Waals surface area (Å²) in [6, 6.07) is 14.7. The fourth-order valence-electron chi connectivity index (χ4n) is 2.27. The number of rotatable bonds is 2. The van der Waals surface area contributed by atoms with Gasteiger partial charge >= 0.3 is 0 Å². The Kier molecular flexibility index (Phi) is 2.00. The Morgan fingerprint density at radius 3 is 2.67 bits per heavy atom. The lowest BCUT2D eigenvalue weighted by Crippen LogP contribution is -1.83. The molecule has 88 valence electrons. The molecule has 1 fully saturated rings. The first-order chi connectivity index (χ1) is 8.90. The van der Waals surface area contributed by atoms with Crippen molar-refractivity contribution in [2.45, 2.75) is 18.8 Å². The van der Waals surface area contributed by atoms with Crippen molar-refractivity contribution in [3.63, 3.8) is 0 Å². The summed E-state index contributed by atoms with van der Waals surface area (Å²) < 4.78 is 0. The Morgan fingerprint density at radius 1 is 1.00 bits per heavy atom. The Hall–Kier alpha value is -2.16. The van der Waals surface area contributed by atoms with Gasteiger partial charge in [0.15, 0.2) is 5.82 Å². The van der Waals surface area contributed by atoms with E-state index in [0.717, 1.165) is 17.2 Å². The summed E-state index contributed by atoms with van der Waals surface area (Å²) >= 11 is 0. The monoisotopic (exact) mass is 235 g/mol. The summed E-state index contributed by atoms with van der Waals surface area (Å²) in [5.41, 5.74) is 1.08. The van der Waals surface area contributed by atoms with E-state index in [2.05, 4.69) is 57.6 Å². The van der Waals surface area contributed by atoms with Crippen LogP contribution in [0.5, 0.6) is 0 Å². The molecule has 18 heavy (non-hydrogen) atoms. The number of fused-ring (bicyclic) bond motifs is 1.